The Balaban J connectivity index is 1.71. The average molecular weight is 323 g/mol. The number of hydrogen-bond acceptors (Lipinski definition) is 3. The quantitative estimate of drug-likeness (QED) is 0.605. The lowest BCUT2D eigenvalue weighted by Crippen LogP contribution is -2.36. The highest BCUT2D eigenvalue weighted by molar-refractivity contribution is 5.88. The van der Waals surface area contributed by atoms with Gasteiger partial charge in [0, 0.05) is 12.1 Å². The largest absolute Gasteiger partial charge is 0.347 e. The molecule has 124 valence electrons. The highest BCUT2D eigenvalue weighted by atomic mass is 16.2. The highest BCUT2D eigenvalue weighted by Crippen LogP contribution is 2.00. The number of benzene rings is 2. The molecule has 2 N–H and O–H groups in total. The van der Waals surface area contributed by atoms with Gasteiger partial charge in [0.25, 0.3) is 5.91 Å². The molecule has 5 heteroatoms. The Morgan fingerprint density at radius 1 is 0.833 bits per heavy atom. The van der Waals surface area contributed by atoms with Crippen LogP contribution in [0, 0.1) is 0 Å². The SMILES string of the molecule is C/C(Cc1ccccc1)=N/NC(=O)CNC(=O)Cc1ccccc1. The number of nitrogens with one attached hydrogen (secondary N) is 2. The van der Waals surface area contributed by atoms with Gasteiger partial charge in [-0.15, -0.1) is 0 Å². The second kappa shape index (κ2) is 9.25. The van der Waals surface area contributed by atoms with E-state index < -0.39 is 0 Å². The third-order valence-electron chi connectivity index (χ3n) is 3.33. The molecule has 24 heavy (non-hydrogen) atoms. The van der Waals surface area contributed by atoms with Crippen LogP contribution in [0.4, 0.5) is 0 Å². The summed E-state index contributed by atoms with van der Waals surface area (Å²) in [6.07, 6.45) is 0.923. The van der Waals surface area contributed by atoms with Crippen LogP contribution >= 0.6 is 0 Å². The Kier molecular flexibility index (Phi) is 6.71. The van der Waals surface area contributed by atoms with E-state index in [0.717, 1.165) is 16.8 Å². The second-order valence-electron chi connectivity index (χ2n) is 5.48. The van der Waals surface area contributed by atoms with E-state index in [-0.39, 0.29) is 24.8 Å². The monoisotopic (exact) mass is 323 g/mol. The normalized spacial score (nSPS) is 11.0. The minimum absolute atomic E-state index is 0.0895. The Morgan fingerprint density at radius 3 is 1.96 bits per heavy atom. The van der Waals surface area contributed by atoms with Crippen molar-refractivity contribution in [1.82, 2.24) is 10.7 Å². The third kappa shape index (κ3) is 6.44. The molecule has 0 heterocycles. The van der Waals surface area contributed by atoms with Crippen LogP contribution in [-0.2, 0) is 22.4 Å². The van der Waals surface area contributed by atoms with Gasteiger partial charge in [0.1, 0.15) is 0 Å². The third-order valence-corrected chi connectivity index (χ3v) is 3.33. The lowest BCUT2D eigenvalue weighted by molar-refractivity contribution is -0.125. The molecule has 0 atom stereocenters. The van der Waals surface area contributed by atoms with E-state index in [2.05, 4.69) is 15.8 Å². The van der Waals surface area contributed by atoms with Crippen molar-refractivity contribution >= 4 is 17.5 Å². The van der Waals surface area contributed by atoms with E-state index >= 15 is 0 Å². The summed E-state index contributed by atoms with van der Waals surface area (Å²) < 4.78 is 0. The molecule has 0 bridgehead atoms. The molecular formula is C19H21N3O2. The van der Waals surface area contributed by atoms with E-state index in [9.17, 15) is 9.59 Å². The summed E-state index contributed by atoms with van der Waals surface area (Å²) in [4.78, 5) is 23.5. The van der Waals surface area contributed by atoms with E-state index in [1.807, 2.05) is 67.6 Å². The van der Waals surface area contributed by atoms with Gasteiger partial charge in [0.05, 0.1) is 13.0 Å². The fourth-order valence-electron chi connectivity index (χ4n) is 2.15. The van der Waals surface area contributed by atoms with Gasteiger partial charge in [-0.2, -0.15) is 5.10 Å². The first-order valence-electron chi connectivity index (χ1n) is 7.80. The number of hydrogen-bond donors (Lipinski definition) is 2. The van der Waals surface area contributed by atoms with Crippen molar-refractivity contribution in [2.75, 3.05) is 6.54 Å². The zero-order valence-corrected chi connectivity index (χ0v) is 13.7. The van der Waals surface area contributed by atoms with Crippen LogP contribution in [0.1, 0.15) is 18.1 Å². The molecule has 0 aliphatic heterocycles. The summed E-state index contributed by atoms with van der Waals surface area (Å²) >= 11 is 0. The lowest BCUT2D eigenvalue weighted by Gasteiger charge is -2.05. The summed E-state index contributed by atoms with van der Waals surface area (Å²) in [5.41, 5.74) is 5.29. The van der Waals surface area contributed by atoms with Crippen LogP contribution in [0.5, 0.6) is 0 Å². The number of nitrogens with zero attached hydrogens (tertiary/aromatic N) is 1. The van der Waals surface area contributed by atoms with Crippen LogP contribution in [0.3, 0.4) is 0 Å². The fourth-order valence-corrected chi connectivity index (χ4v) is 2.15. The summed E-state index contributed by atoms with van der Waals surface area (Å²) in [5, 5.41) is 6.63. The topological polar surface area (TPSA) is 70.6 Å². The van der Waals surface area contributed by atoms with Crippen molar-refractivity contribution in [3.05, 3.63) is 71.8 Å². The van der Waals surface area contributed by atoms with Gasteiger partial charge < -0.3 is 5.32 Å². The number of amides is 2. The Labute approximate surface area is 141 Å². The fraction of sp³-hybridized carbons (Fsp3) is 0.211. The van der Waals surface area contributed by atoms with Crippen molar-refractivity contribution in [2.45, 2.75) is 19.8 Å². The molecule has 0 radical (unpaired) electrons. The van der Waals surface area contributed by atoms with Gasteiger partial charge in [0.15, 0.2) is 0 Å². The summed E-state index contributed by atoms with van der Waals surface area (Å²) in [5.74, 6) is -0.537. The van der Waals surface area contributed by atoms with Crippen LogP contribution in [0.15, 0.2) is 65.8 Å². The van der Waals surface area contributed by atoms with Gasteiger partial charge in [-0.1, -0.05) is 60.7 Å². The van der Waals surface area contributed by atoms with Crippen molar-refractivity contribution in [3.63, 3.8) is 0 Å². The van der Waals surface area contributed by atoms with Gasteiger partial charge in [-0.25, -0.2) is 5.43 Å². The molecule has 2 aromatic rings. The van der Waals surface area contributed by atoms with Crippen molar-refractivity contribution in [2.24, 2.45) is 5.10 Å². The minimum atomic E-state index is -0.344. The molecule has 0 saturated carbocycles. The molecular weight excluding hydrogens is 302 g/mol. The Morgan fingerprint density at radius 2 is 1.38 bits per heavy atom. The predicted molar refractivity (Wildman–Crippen MR) is 94.6 cm³/mol. The molecule has 0 unspecified atom stereocenters. The van der Waals surface area contributed by atoms with Gasteiger partial charge >= 0.3 is 0 Å². The molecule has 0 aromatic heterocycles. The molecule has 0 aliphatic carbocycles. The number of rotatable bonds is 7. The maximum absolute atomic E-state index is 11.8. The maximum Gasteiger partial charge on any atom is 0.259 e. The Bertz CT molecular complexity index is 697. The van der Waals surface area contributed by atoms with E-state index in [1.165, 1.54) is 0 Å². The van der Waals surface area contributed by atoms with Gasteiger partial charge in [-0.05, 0) is 18.1 Å². The highest BCUT2D eigenvalue weighted by Gasteiger charge is 2.06. The first-order chi connectivity index (χ1) is 11.6. The van der Waals surface area contributed by atoms with E-state index in [4.69, 9.17) is 0 Å². The van der Waals surface area contributed by atoms with Crippen molar-refractivity contribution in [1.29, 1.82) is 0 Å². The Hall–Kier alpha value is -2.95. The van der Waals surface area contributed by atoms with Crippen molar-refractivity contribution < 1.29 is 9.59 Å². The summed E-state index contributed by atoms with van der Waals surface area (Å²) in [7, 11) is 0. The number of carbonyl (C=O) groups excluding carboxylic acids is 2. The summed E-state index contributed by atoms with van der Waals surface area (Å²) in [6.45, 7) is 1.76. The van der Waals surface area contributed by atoms with E-state index in [0.29, 0.717) is 6.42 Å². The van der Waals surface area contributed by atoms with Crippen molar-refractivity contribution in [3.8, 4) is 0 Å². The minimum Gasteiger partial charge on any atom is -0.347 e. The zero-order valence-electron chi connectivity index (χ0n) is 13.7. The first kappa shape index (κ1) is 17.4. The average Bonchev–Trinajstić information content (AvgIpc) is 2.60. The molecule has 2 rings (SSSR count). The molecule has 5 nitrogen and oxygen atoms in total. The molecule has 0 aliphatic rings. The molecule has 2 aromatic carbocycles. The first-order valence-corrected chi connectivity index (χ1v) is 7.80. The second-order valence-corrected chi connectivity index (χ2v) is 5.48. The van der Waals surface area contributed by atoms with Crippen LogP contribution in [-0.4, -0.2) is 24.1 Å². The van der Waals surface area contributed by atoms with Crippen LogP contribution < -0.4 is 10.7 Å². The molecule has 0 saturated heterocycles. The predicted octanol–water partition coefficient (Wildman–Crippen LogP) is 2.08. The molecule has 0 fully saturated rings. The maximum atomic E-state index is 11.8. The van der Waals surface area contributed by atoms with Crippen LogP contribution in [0.25, 0.3) is 0 Å². The number of carbonyl (C=O) groups is 2. The summed E-state index contributed by atoms with van der Waals surface area (Å²) in [6, 6.07) is 19.3. The lowest BCUT2D eigenvalue weighted by atomic mass is 10.1. The van der Waals surface area contributed by atoms with E-state index in [1.54, 1.807) is 0 Å². The standard InChI is InChI=1S/C19H21N3O2/c1-15(12-16-8-4-2-5-9-16)21-22-19(24)14-20-18(23)13-17-10-6-3-7-11-17/h2-11H,12-14H2,1H3,(H,20,23)(H,22,24)/b21-15-. The van der Waals surface area contributed by atoms with Gasteiger partial charge in [-0.3, -0.25) is 9.59 Å². The number of hydrazone groups is 1. The van der Waals surface area contributed by atoms with Crippen LogP contribution in [0.2, 0.25) is 0 Å². The van der Waals surface area contributed by atoms with Gasteiger partial charge in [0.2, 0.25) is 5.91 Å². The smallest absolute Gasteiger partial charge is 0.259 e. The zero-order chi connectivity index (χ0) is 17.2. The molecule has 2 amide bonds. The molecule has 0 spiro atoms.